The predicted molar refractivity (Wildman–Crippen MR) is 53.3 cm³/mol. The zero-order chi connectivity index (χ0) is 11.5. The summed E-state index contributed by atoms with van der Waals surface area (Å²) in [7, 11) is 0. The average Bonchev–Trinajstić information content (AvgIpc) is 2.69. The van der Waals surface area contributed by atoms with Gasteiger partial charge in [0.05, 0.1) is 6.54 Å². The van der Waals surface area contributed by atoms with Crippen LogP contribution in [-0.2, 0) is 6.54 Å². The zero-order valence-corrected chi connectivity index (χ0v) is 8.25. The molecule has 2 aromatic rings. The average molecular weight is 225 g/mol. The smallest absolute Gasteiger partial charge is 0.319 e. The largest absolute Gasteiger partial charge is 0.346 e. The lowest BCUT2D eigenvalue weighted by Crippen LogP contribution is -2.10. The van der Waals surface area contributed by atoms with Gasteiger partial charge in [0.15, 0.2) is 5.43 Å². The number of hydrogen-bond donors (Lipinski definition) is 0. The van der Waals surface area contributed by atoms with Crippen molar-refractivity contribution in [3.05, 3.63) is 53.0 Å². The lowest BCUT2D eigenvalue weighted by atomic mass is 10.4. The van der Waals surface area contributed by atoms with E-state index in [0.29, 0.717) is 0 Å². The molecule has 4 nitrogen and oxygen atoms in total. The van der Waals surface area contributed by atoms with Crippen molar-refractivity contribution in [2.24, 2.45) is 0 Å². The first kappa shape index (κ1) is 10.5. The molecule has 84 valence electrons. The first-order valence-corrected chi connectivity index (χ1v) is 4.63. The molecule has 2 aromatic heterocycles. The van der Waals surface area contributed by atoms with Gasteiger partial charge in [-0.1, -0.05) is 0 Å². The zero-order valence-electron chi connectivity index (χ0n) is 8.25. The first-order chi connectivity index (χ1) is 7.66. The second kappa shape index (κ2) is 4.26. The van der Waals surface area contributed by atoms with Crippen molar-refractivity contribution in [2.75, 3.05) is 0 Å². The highest BCUT2D eigenvalue weighted by Crippen LogP contribution is 2.12. The lowest BCUT2D eigenvalue weighted by molar-refractivity contribution is 0.0667. The van der Waals surface area contributed by atoms with E-state index in [1.165, 1.54) is 36.9 Å². The summed E-state index contributed by atoms with van der Waals surface area (Å²) in [5, 5.41) is 0. The molecule has 0 radical (unpaired) electrons. The van der Waals surface area contributed by atoms with Gasteiger partial charge in [0.1, 0.15) is 5.82 Å². The Hall–Kier alpha value is -1.98. The standard InChI is InChI=1S/C10H9F2N3O/c11-10(12)15-6-3-13-9(15)7-14-4-1-8(16)2-5-14/h1-6,10H,7H2. The van der Waals surface area contributed by atoms with E-state index in [-0.39, 0.29) is 17.8 Å². The molecule has 6 heteroatoms. The first-order valence-electron chi connectivity index (χ1n) is 4.63. The summed E-state index contributed by atoms with van der Waals surface area (Å²) >= 11 is 0. The van der Waals surface area contributed by atoms with E-state index in [9.17, 15) is 13.6 Å². The van der Waals surface area contributed by atoms with Crippen molar-refractivity contribution < 1.29 is 8.78 Å². The fraction of sp³-hybridized carbons (Fsp3) is 0.200. The molecule has 0 aromatic carbocycles. The Morgan fingerprint density at radius 3 is 2.56 bits per heavy atom. The van der Waals surface area contributed by atoms with Gasteiger partial charge in [0.25, 0.3) is 0 Å². The number of halogens is 2. The van der Waals surface area contributed by atoms with Crippen LogP contribution >= 0.6 is 0 Å². The van der Waals surface area contributed by atoms with Crippen LogP contribution in [-0.4, -0.2) is 14.1 Å². The van der Waals surface area contributed by atoms with Gasteiger partial charge >= 0.3 is 6.55 Å². The number of aromatic nitrogens is 3. The van der Waals surface area contributed by atoms with Crippen LogP contribution in [0.2, 0.25) is 0 Å². The van der Waals surface area contributed by atoms with E-state index < -0.39 is 6.55 Å². The molecule has 16 heavy (non-hydrogen) atoms. The highest BCUT2D eigenvalue weighted by molar-refractivity contribution is 4.99. The molecule has 0 atom stereocenters. The maximum Gasteiger partial charge on any atom is 0.319 e. The summed E-state index contributed by atoms with van der Waals surface area (Å²) in [5.41, 5.74) is -0.117. The summed E-state index contributed by atoms with van der Waals surface area (Å²) < 4.78 is 27.4. The van der Waals surface area contributed by atoms with Gasteiger partial charge in [0.2, 0.25) is 0 Å². The molecule has 0 aliphatic heterocycles. The number of nitrogens with zero attached hydrogens (tertiary/aromatic N) is 3. The molecule has 0 saturated heterocycles. The van der Waals surface area contributed by atoms with Crippen molar-refractivity contribution in [2.45, 2.75) is 13.1 Å². The van der Waals surface area contributed by atoms with E-state index in [4.69, 9.17) is 0 Å². The van der Waals surface area contributed by atoms with Crippen LogP contribution in [0.3, 0.4) is 0 Å². The minimum Gasteiger partial charge on any atom is -0.346 e. The van der Waals surface area contributed by atoms with Crippen molar-refractivity contribution in [1.82, 2.24) is 14.1 Å². The number of imidazole rings is 1. The van der Waals surface area contributed by atoms with Crippen molar-refractivity contribution in [3.63, 3.8) is 0 Å². The molecule has 2 rings (SSSR count). The predicted octanol–water partition coefficient (Wildman–Crippen LogP) is 1.49. The Labute approximate surface area is 89.8 Å². The SMILES string of the molecule is O=c1ccn(Cc2nccn2C(F)F)cc1. The van der Waals surface area contributed by atoms with Gasteiger partial charge < -0.3 is 4.57 Å². The highest BCUT2D eigenvalue weighted by atomic mass is 19.3. The molecule has 0 amide bonds. The Morgan fingerprint density at radius 2 is 1.94 bits per heavy atom. The summed E-state index contributed by atoms with van der Waals surface area (Å²) in [5.74, 6) is 0.249. The van der Waals surface area contributed by atoms with Crippen LogP contribution in [0.4, 0.5) is 8.78 Å². The number of alkyl halides is 2. The van der Waals surface area contributed by atoms with Crippen LogP contribution in [0.15, 0.2) is 41.7 Å². The summed E-state index contributed by atoms with van der Waals surface area (Å²) in [6.45, 7) is -2.39. The topological polar surface area (TPSA) is 39.8 Å². The number of pyridine rings is 1. The van der Waals surface area contributed by atoms with Gasteiger partial charge in [0, 0.05) is 36.9 Å². The molecule has 0 unspecified atom stereocenters. The molecular formula is C10H9F2N3O. The molecule has 0 bridgehead atoms. The van der Waals surface area contributed by atoms with E-state index in [2.05, 4.69) is 4.98 Å². The van der Waals surface area contributed by atoms with Crippen LogP contribution in [0.25, 0.3) is 0 Å². The maximum atomic E-state index is 12.5. The number of hydrogen-bond acceptors (Lipinski definition) is 2. The molecule has 0 fully saturated rings. The van der Waals surface area contributed by atoms with Crippen molar-refractivity contribution in [3.8, 4) is 0 Å². The molecule has 0 spiro atoms. The Kier molecular flexibility index (Phi) is 2.80. The van der Waals surface area contributed by atoms with Crippen LogP contribution in [0.5, 0.6) is 0 Å². The third-order valence-electron chi connectivity index (χ3n) is 2.14. The summed E-state index contributed by atoms with van der Waals surface area (Å²) in [4.78, 5) is 14.7. The third-order valence-corrected chi connectivity index (χ3v) is 2.14. The third kappa shape index (κ3) is 2.16. The van der Waals surface area contributed by atoms with Gasteiger partial charge in [-0.15, -0.1) is 0 Å². The molecule has 0 saturated carbocycles. The second-order valence-electron chi connectivity index (χ2n) is 3.23. The van der Waals surface area contributed by atoms with E-state index in [1.54, 1.807) is 4.57 Å². The maximum absolute atomic E-state index is 12.5. The van der Waals surface area contributed by atoms with E-state index in [0.717, 1.165) is 4.57 Å². The van der Waals surface area contributed by atoms with Crippen molar-refractivity contribution >= 4 is 0 Å². The van der Waals surface area contributed by atoms with E-state index >= 15 is 0 Å². The quantitative estimate of drug-likeness (QED) is 0.793. The lowest BCUT2D eigenvalue weighted by Gasteiger charge is -2.08. The summed E-state index contributed by atoms with van der Waals surface area (Å²) in [6.07, 6.45) is 5.62. The highest BCUT2D eigenvalue weighted by Gasteiger charge is 2.10. The molecular weight excluding hydrogens is 216 g/mol. The number of rotatable bonds is 3. The van der Waals surface area contributed by atoms with Crippen LogP contribution in [0.1, 0.15) is 12.4 Å². The Bertz CT molecular complexity index is 512. The fourth-order valence-corrected chi connectivity index (χ4v) is 1.36. The van der Waals surface area contributed by atoms with Crippen molar-refractivity contribution in [1.29, 1.82) is 0 Å². The van der Waals surface area contributed by atoms with Gasteiger partial charge in [-0.2, -0.15) is 8.78 Å². The minimum absolute atomic E-state index is 0.117. The van der Waals surface area contributed by atoms with Gasteiger partial charge in [-0.05, 0) is 0 Å². The minimum atomic E-state index is -2.60. The molecule has 0 aliphatic carbocycles. The molecule has 2 heterocycles. The normalized spacial score (nSPS) is 10.9. The second-order valence-corrected chi connectivity index (χ2v) is 3.23. The Balaban J connectivity index is 2.23. The monoisotopic (exact) mass is 225 g/mol. The molecule has 0 aliphatic rings. The van der Waals surface area contributed by atoms with Crippen LogP contribution in [0, 0.1) is 0 Å². The fourth-order valence-electron chi connectivity index (χ4n) is 1.36. The van der Waals surface area contributed by atoms with Crippen LogP contribution < -0.4 is 5.43 Å². The summed E-state index contributed by atoms with van der Waals surface area (Å²) in [6, 6.07) is 2.74. The molecule has 0 N–H and O–H groups in total. The Morgan fingerprint density at radius 1 is 1.25 bits per heavy atom. The van der Waals surface area contributed by atoms with E-state index in [1.807, 2.05) is 0 Å². The van der Waals surface area contributed by atoms with Gasteiger partial charge in [-0.3, -0.25) is 9.36 Å². The van der Waals surface area contributed by atoms with Gasteiger partial charge in [-0.25, -0.2) is 4.98 Å².